The van der Waals surface area contributed by atoms with Crippen molar-refractivity contribution in [3.8, 4) is 11.3 Å². The number of rotatable bonds is 4. The molecular weight excluding hydrogens is 384 g/mol. The van der Waals surface area contributed by atoms with Crippen molar-refractivity contribution >= 4 is 28.3 Å². The zero-order valence-corrected chi connectivity index (χ0v) is 18.3. The molecule has 1 saturated heterocycles. The van der Waals surface area contributed by atoms with Crippen LogP contribution in [0.15, 0.2) is 18.3 Å². The third kappa shape index (κ3) is 3.69. The number of aromatic nitrogens is 3. The van der Waals surface area contributed by atoms with Gasteiger partial charge in [-0.1, -0.05) is 0 Å². The van der Waals surface area contributed by atoms with Crippen LogP contribution in [-0.2, 0) is 0 Å². The molecule has 154 valence electrons. The first-order valence-electron chi connectivity index (χ1n) is 10.2. The monoisotopic (exact) mass is 412 g/mol. The zero-order valence-electron chi connectivity index (χ0n) is 17.5. The smallest absolute Gasteiger partial charge is 0.254 e. The molecule has 29 heavy (non-hydrogen) atoms. The summed E-state index contributed by atoms with van der Waals surface area (Å²) in [6.07, 6.45) is 3.65. The molecule has 1 unspecified atom stereocenters. The minimum absolute atomic E-state index is 0.00436. The first kappa shape index (κ1) is 20.0. The minimum atomic E-state index is 0.00436. The molecule has 0 aromatic carbocycles. The van der Waals surface area contributed by atoms with Crippen LogP contribution in [0.25, 0.3) is 22.3 Å². The van der Waals surface area contributed by atoms with Gasteiger partial charge in [-0.25, -0.2) is 9.67 Å². The molecular formula is C22H28N4O2S. The second kappa shape index (κ2) is 7.88. The van der Waals surface area contributed by atoms with Crippen molar-refractivity contribution in [2.75, 3.05) is 19.7 Å². The number of nitrogens with zero attached hydrogens (tertiary/aromatic N) is 4. The average molecular weight is 413 g/mol. The van der Waals surface area contributed by atoms with Gasteiger partial charge >= 0.3 is 0 Å². The lowest BCUT2D eigenvalue weighted by Gasteiger charge is -2.32. The number of pyridine rings is 1. The van der Waals surface area contributed by atoms with Crippen LogP contribution in [0, 0.1) is 19.8 Å². The van der Waals surface area contributed by atoms with Crippen molar-refractivity contribution in [3.05, 3.63) is 33.6 Å². The predicted octanol–water partition coefficient (Wildman–Crippen LogP) is 4.20. The zero-order chi connectivity index (χ0) is 20.7. The Morgan fingerprint density at radius 1 is 1.34 bits per heavy atom. The second-order valence-electron chi connectivity index (χ2n) is 8.24. The van der Waals surface area contributed by atoms with Gasteiger partial charge in [0.1, 0.15) is 0 Å². The highest BCUT2D eigenvalue weighted by Crippen LogP contribution is 2.33. The van der Waals surface area contributed by atoms with Gasteiger partial charge in [-0.05, 0) is 58.6 Å². The lowest BCUT2D eigenvalue weighted by atomic mass is 9.97. The molecule has 1 fully saturated rings. The molecule has 4 rings (SSSR count). The van der Waals surface area contributed by atoms with Crippen LogP contribution in [0.3, 0.4) is 0 Å². The van der Waals surface area contributed by atoms with E-state index in [1.165, 1.54) is 9.75 Å². The molecule has 7 heteroatoms. The molecule has 1 amide bonds. The van der Waals surface area contributed by atoms with Gasteiger partial charge in [0.2, 0.25) is 0 Å². The van der Waals surface area contributed by atoms with Crippen LogP contribution < -0.4 is 0 Å². The summed E-state index contributed by atoms with van der Waals surface area (Å²) in [6, 6.07) is 4.21. The maximum atomic E-state index is 13.5. The van der Waals surface area contributed by atoms with E-state index in [9.17, 15) is 9.90 Å². The van der Waals surface area contributed by atoms with Crippen LogP contribution in [-0.4, -0.2) is 50.4 Å². The Hall–Kier alpha value is -2.25. The predicted molar refractivity (Wildman–Crippen MR) is 116 cm³/mol. The first-order chi connectivity index (χ1) is 13.9. The van der Waals surface area contributed by atoms with E-state index in [1.807, 2.05) is 15.6 Å². The number of hydrogen-bond donors (Lipinski definition) is 1. The van der Waals surface area contributed by atoms with Gasteiger partial charge in [0.15, 0.2) is 5.65 Å². The standard InChI is InChI=1S/C22H28N4O2S/c1-13(2)26-21-19(10-23-26)18(22(28)25-7-5-6-16(11-25)12-27)9-20(24-21)17-8-14(3)29-15(17)4/h8-10,13,16,27H,5-7,11-12H2,1-4H3. The summed E-state index contributed by atoms with van der Waals surface area (Å²) in [7, 11) is 0. The Kier molecular flexibility index (Phi) is 5.44. The quantitative estimate of drug-likeness (QED) is 0.697. The Morgan fingerprint density at radius 3 is 2.79 bits per heavy atom. The fraction of sp³-hybridized carbons (Fsp3) is 0.500. The molecule has 0 radical (unpaired) electrons. The van der Waals surface area contributed by atoms with Gasteiger partial charge in [0.25, 0.3) is 5.91 Å². The summed E-state index contributed by atoms with van der Waals surface area (Å²) < 4.78 is 1.89. The molecule has 0 saturated carbocycles. The van der Waals surface area contributed by atoms with Gasteiger partial charge in [-0.15, -0.1) is 11.3 Å². The van der Waals surface area contributed by atoms with Crippen LogP contribution in [0.2, 0.25) is 0 Å². The Labute approximate surface area is 175 Å². The topological polar surface area (TPSA) is 71.2 Å². The van der Waals surface area contributed by atoms with E-state index < -0.39 is 0 Å². The number of likely N-dealkylation sites (tertiary alicyclic amines) is 1. The van der Waals surface area contributed by atoms with Gasteiger partial charge in [-0.3, -0.25) is 4.79 Å². The van der Waals surface area contributed by atoms with E-state index in [2.05, 4.69) is 38.9 Å². The highest BCUT2D eigenvalue weighted by atomic mass is 32.1. The number of hydrogen-bond acceptors (Lipinski definition) is 5. The van der Waals surface area contributed by atoms with Crippen molar-refractivity contribution in [3.63, 3.8) is 0 Å². The number of aliphatic hydroxyl groups is 1. The summed E-state index contributed by atoms with van der Waals surface area (Å²) in [5, 5.41) is 14.9. The molecule has 6 nitrogen and oxygen atoms in total. The highest BCUT2D eigenvalue weighted by molar-refractivity contribution is 7.12. The summed E-state index contributed by atoms with van der Waals surface area (Å²) in [4.78, 5) is 22.7. The molecule has 1 N–H and O–H groups in total. The minimum Gasteiger partial charge on any atom is -0.396 e. The Morgan fingerprint density at radius 2 is 2.14 bits per heavy atom. The molecule has 3 aromatic heterocycles. The maximum Gasteiger partial charge on any atom is 0.254 e. The molecule has 1 atom stereocenters. The SMILES string of the molecule is Cc1cc(-c2cc(C(=O)N3CCCC(CO)C3)c3cnn(C(C)C)c3n2)c(C)s1. The average Bonchev–Trinajstić information content (AvgIpc) is 3.29. The number of aryl methyl sites for hydroxylation is 2. The number of amides is 1. The molecule has 3 aromatic rings. The van der Waals surface area contributed by atoms with E-state index >= 15 is 0 Å². The number of aliphatic hydroxyl groups excluding tert-OH is 1. The third-order valence-electron chi connectivity index (χ3n) is 5.67. The van der Waals surface area contributed by atoms with E-state index in [0.29, 0.717) is 12.1 Å². The van der Waals surface area contributed by atoms with E-state index in [4.69, 9.17) is 4.98 Å². The van der Waals surface area contributed by atoms with Crippen molar-refractivity contribution in [2.45, 2.75) is 46.6 Å². The van der Waals surface area contributed by atoms with Gasteiger partial charge < -0.3 is 10.0 Å². The number of piperidine rings is 1. The molecule has 4 heterocycles. The maximum absolute atomic E-state index is 13.5. The van der Waals surface area contributed by atoms with Gasteiger partial charge in [0.05, 0.1) is 22.8 Å². The lowest BCUT2D eigenvalue weighted by molar-refractivity contribution is 0.0622. The fourth-order valence-electron chi connectivity index (χ4n) is 4.16. The highest BCUT2D eigenvalue weighted by Gasteiger charge is 2.27. The molecule has 1 aliphatic heterocycles. The first-order valence-corrected chi connectivity index (χ1v) is 11.1. The second-order valence-corrected chi connectivity index (χ2v) is 9.70. The van der Waals surface area contributed by atoms with Crippen LogP contribution in [0.4, 0.5) is 0 Å². The van der Waals surface area contributed by atoms with Crippen molar-refractivity contribution in [1.29, 1.82) is 0 Å². The number of fused-ring (bicyclic) bond motifs is 1. The van der Waals surface area contributed by atoms with Crippen LogP contribution in [0.5, 0.6) is 0 Å². The molecule has 0 aliphatic carbocycles. The van der Waals surface area contributed by atoms with Crippen molar-refractivity contribution < 1.29 is 9.90 Å². The Balaban J connectivity index is 1.86. The molecule has 0 bridgehead atoms. The summed E-state index contributed by atoms with van der Waals surface area (Å²) in [5.41, 5.74) is 3.30. The van der Waals surface area contributed by atoms with Gasteiger partial charge in [-0.2, -0.15) is 5.10 Å². The van der Waals surface area contributed by atoms with Crippen molar-refractivity contribution in [1.82, 2.24) is 19.7 Å². The van der Waals surface area contributed by atoms with E-state index in [0.717, 1.165) is 41.7 Å². The number of carbonyl (C=O) groups excluding carboxylic acids is 1. The van der Waals surface area contributed by atoms with Crippen LogP contribution >= 0.6 is 11.3 Å². The lowest BCUT2D eigenvalue weighted by Crippen LogP contribution is -2.41. The van der Waals surface area contributed by atoms with Gasteiger partial charge in [0, 0.05) is 41.1 Å². The third-order valence-corrected chi connectivity index (χ3v) is 6.63. The van der Waals surface area contributed by atoms with E-state index in [1.54, 1.807) is 17.5 Å². The summed E-state index contributed by atoms with van der Waals surface area (Å²) >= 11 is 1.74. The largest absolute Gasteiger partial charge is 0.396 e. The number of carbonyl (C=O) groups is 1. The normalized spacial score (nSPS) is 17.4. The van der Waals surface area contributed by atoms with E-state index in [-0.39, 0.29) is 24.5 Å². The number of thiophene rings is 1. The summed E-state index contributed by atoms with van der Waals surface area (Å²) in [5.74, 6) is 0.161. The fourth-order valence-corrected chi connectivity index (χ4v) is 5.10. The Bertz CT molecular complexity index is 1050. The molecule has 0 spiro atoms. The van der Waals surface area contributed by atoms with Crippen molar-refractivity contribution in [2.24, 2.45) is 5.92 Å². The van der Waals surface area contributed by atoms with Crippen LogP contribution in [0.1, 0.15) is 52.8 Å². The molecule has 1 aliphatic rings. The summed E-state index contributed by atoms with van der Waals surface area (Å²) in [6.45, 7) is 9.77.